The Morgan fingerprint density at radius 3 is 2.53 bits per heavy atom. The van der Waals surface area contributed by atoms with Crippen LogP contribution in [0.3, 0.4) is 0 Å². The zero-order valence-corrected chi connectivity index (χ0v) is 11.7. The predicted molar refractivity (Wildman–Crippen MR) is 72.0 cm³/mol. The number of amides is 1. The van der Waals surface area contributed by atoms with E-state index in [0.717, 1.165) is 17.4 Å². The van der Waals surface area contributed by atoms with Gasteiger partial charge in [-0.1, -0.05) is 23.7 Å². The first kappa shape index (κ1) is 14.0. The molecule has 0 aliphatic heterocycles. The number of nitrogens with one attached hydrogen (secondary N) is 1. The molecule has 0 aliphatic rings. The van der Waals surface area contributed by atoms with E-state index in [1.165, 1.54) is 18.2 Å². The molecule has 0 fully saturated rings. The second kappa shape index (κ2) is 5.28. The van der Waals surface area contributed by atoms with E-state index >= 15 is 0 Å². The number of hydrogen-bond acceptors (Lipinski definition) is 4. The lowest BCUT2D eigenvalue weighted by atomic mass is 10.3. The molecule has 1 heterocycles. The number of hydrogen-bond donors (Lipinski definition) is 1. The van der Waals surface area contributed by atoms with Gasteiger partial charge in [0.2, 0.25) is 0 Å². The van der Waals surface area contributed by atoms with Gasteiger partial charge in [0.1, 0.15) is 9.77 Å². The SMILES string of the molecule is O=C(Nc1ccccc1S(=O)(=O)F)c1sccc1Cl. The molecule has 0 spiro atoms. The number of para-hydroxylation sites is 1. The van der Waals surface area contributed by atoms with Crippen molar-refractivity contribution in [3.05, 3.63) is 45.6 Å². The summed E-state index contributed by atoms with van der Waals surface area (Å²) in [4.78, 5) is 11.5. The molecule has 1 amide bonds. The van der Waals surface area contributed by atoms with Crippen molar-refractivity contribution < 1.29 is 17.1 Å². The van der Waals surface area contributed by atoms with Crippen LogP contribution in [0.4, 0.5) is 9.57 Å². The molecule has 1 N–H and O–H groups in total. The van der Waals surface area contributed by atoms with Gasteiger partial charge in [0.05, 0.1) is 10.7 Å². The summed E-state index contributed by atoms with van der Waals surface area (Å²) in [7, 11) is -4.90. The molecule has 0 bridgehead atoms. The molecule has 1 aromatic heterocycles. The number of anilines is 1. The molecule has 2 rings (SSSR count). The van der Waals surface area contributed by atoms with E-state index in [2.05, 4.69) is 5.32 Å². The summed E-state index contributed by atoms with van der Waals surface area (Å²) in [6.45, 7) is 0. The summed E-state index contributed by atoms with van der Waals surface area (Å²) < 4.78 is 34.9. The highest BCUT2D eigenvalue weighted by Gasteiger charge is 2.19. The normalized spacial score (nSPS) is 11.3. The summed E-state index contributed by atoms with van der Waals surface area (Å²) in [5.41, 5.74) is -0.125. The van der Waals surface area contributed by atoms with Crippen LogP contribution in [0.5, 0.6) is 0 Å². The maximum absolute atomic E-state index is 13.1. The van der Waals surface area contributed by atoms with Crippen LogP contribution in [0, 0.1) is 0 Å². The maximum atomic E-state index is 13.1. The number of benzene rings is 1. The molecule has 0 unspecified atom stereocenters. The lowest BCUT2D eigenvalue weighted by Crippen LogP contribution is -2.13. The quantitative estimate of drug-likeness (QED) is 0.883. The molecule has 19 heavy (non-hydrogen) atoms. The fourth-order valence-electron chi connectivity index (χ4n) is 1.42. The van der Waals surface area contributed by atoms with Gasteiger partial charge in [-0.3, -0.25) is 4.79 Å². The lowest BCUT2D eigenvalue weighted by molar-refractivity contribution is 0.103. The molecular weight excluding hydrogens is 313 g/mol. The van der Waals surface area contributed by atoms with E-state index in [-0.39, 0.29) is 15.6 Å². The number of halogens is 2. The molecule has 0 aliphatic carbocycles. The van der Waals surface area contributed by atoms with Gasteiger partial charge < -0.3 is 5.32 Å². The largest absolute Gasteiger partial charge is 0.334 e. The topological polar surface area (TPSA) is 63.2 Å². The third-order valence-corrected chi connectivity index (χ3v) is 4.44. The highest BCUT2D eigenvalue weighted by molar-refractivity contribution is 7.86. The second-order valence-electron chi connectivity index (χ2n) is 3.49. The third-order valence-electron chi connectivity index (χ3n) is 2.22. The summed E-state index contributed by atoms with van der Waals surface area (Å²) in [5.74, 6) is -0.587. The zero-order chi connectivity index (χ0) is 14.0. The minimum absolute atomic E-state index is 0.125. The molecule has 0 saturated carbocycles. The van der Waals surface area contributed by atoms with Gasteiger partial charge in [0.25, 0.3) is 5.91 Å². The van der Waals surface area contributed by atoms with E-state index in [1.54, 1.807) is 11.4 Å². The van der Waals surface area contributed by atoms with Gasteiger partial charge in [-0.15, -0.1) is 15.2 Å². The van der Waals surface area contributed by atoms with Crippen molar-refractivity contribution in [3.63, 3.8) is 0 Å². The van der Waals surface area contributed by atoms with Crippen molar-refractivity contribution in [2.45, 2.75) is 4.90 Å². The van der Waals surface area contributed by atoms with Gasteiger partial charge in [0.15, 0.2) is 0 Å². The Morgan fingerprint density at radius 2 is 1.95 bits per heavy atom. The summed E-state index contributed by atoms with van der Waals surface area (Å²) in [6, 6.07) is 6.76. The highest BCUT2D eigenvalue weighted by atomic mass is 35.5. The van der Waals surface area contributed by atoms with Gasteiger partial charge in [-0.05, 0) is 23.6 Å². The van der Waals surface area contributed by atoms with Gasteiger partial charge in [-0.2, -0.15) is 8.42 Å². The zero-order valence-electron chi connectivity index (χ0n) is 9.26. The van der Waals surface area contributed by atoms with Crippen molar-refractivity contribution in [3.8, 4) is 0 Å². The minimum atomic E-state index is -4.90. The van der Waals surface area contributed by atoms with Crippen molar-refractivity contribution in [1.29, 1.82) is 0 Å². The number of rotatable bonds is 3. The summed E-state index contributed by atoms with van der Waals surface area (Å²) in [6.07, 6.45) is 0. The minimum Gasteiger partial charge on any atom is -0.320 e. The standard InChI is InChI=1S/C11H7ClFNO3S2/c12-7-5-6-18-10(7)11(15)14-8-3-1-2-4-9(8)19(13,16)17/h1-6H,(H,14,15). The molecule has 0 saturated heterocycles. The molecule has 1 aromatic carbocycles. The smallest absolute Gasteiger partial charge is 0.320 e. The second-order valence-corrected chi connectivity index (χ2v) is 6.12. The molecule has 4 nitrogen and oxygen atoms in total. The van der Waals surface area contributed by atoms with Crippen molar-refractivity contribution >= 4 is 44.8 Å². The van der Waals surface area contributed by atoms with Crippen LogP contribution in [0.1, 0.15) is 9.67 Å². The molecular formula is C11H7ClFNO3S2. The van der Waals surface area contributed by atoms with E-state index in [0.29, 0.717) is 0 Å². The number of thiophene rings is 1. The van der Waals surface area contributed by atoms with Crippen molar-refractivity contribution in [2.75, 3.05) is 5.32 Å². The molecule has 100 valence electrons. The third kappa shape index (κ3) is 3.12. The van der Waals surface area contributed by atoms with E-state index in [1.807, 2.05) is 0 Å². The van der Waals surface area contributed by atoms with Crippen LogP contribution in [-0.4, -0.2) is 14.3 Å². The van der Waals surface area contributed by atoms with E-state index < -0.39 is 21.0 Å². The Morgan fingerprint density at radius 1 is 1.26 bits per heavy atom. The first-order chi connectivity index (χ1) is 8.89. The van der Waals surface area contributed by atoms with E-state index in [9.17, 15) is 17.1 Å². The van der Waals surface area contributed by atoms with Crippen LogP contribution in [0.2, 0.25) is 5.02 Å². The van der Waals surface area contributed by atoms with Crippen LogP contribution in [-0.2, 0) is 10.2 Å². The first-order valence-electron chi connectivity index (χ1n) is 4.97. The van der Waals surface area contributed by atoms with E-state index in [4.69, 9.17) is 11.6 Å². The average Bonchev–Trinajstić information content (AvgIpc) is 2.75. The van der Waals surface area contributed by atoms with Crippen LogP contribution in [0.25, 0.3) is 0 Å². The summed E-state index contributed by atoms with van der Waals surface area (Å²) >= 11 is 6.89. The monoisotopic (exact) mass is 319 g/mol. The lowest BCUT2D eigenvalue weighted by Gasteiger charge is -2.07. The number of carbonyl (C=O) groups excluding carboxylic acids is 1. The Labute approximate surface area is 118 Å². The van der Waals surface area contributed by atoms with Gasteiger partial charge in [0, 0.05) is 0 Å². The van der Waals surface area contributed by atoms with Gasteiger partial charge >= 0.3 is 10.2 Å². The Kier molecular flexibility index (Phi) is 3.88. The Bertz CT molecular complexity index is 727. The average molecular weight is 320 g/mol. The highest BCUT2D eigenvalue weighted by Crippen LogP contribution is 2.26. The van der Waals surface area contributed by atoms with Crippen LogP contribution in [0.15, 0.2) is 40.6 Å². The van der Waals surface area contributed by atoms with Crippen molar-refractivity contribution in [1.82, 2.24) is 0 Å². The van der Waals surface area contributed by atoms with Gasteiger partial charge in [-0.25, -0.2) is 0 Å². The summed E-state index contributed by atoms with van der Waals surface area (Å²) in [5, 5.41) is 4.20. The molecule has 0 atom stereocenters. The fraction of sp³-hybridized carbons (Fsp3) is 0. The molecule has 0 radical (unpaired) electrons. The fourth-order valence-corrected chi connectivity index (χ4v) is 3.08. The molecule has 2 aromatic rings. The Hall–Kier alpha value is -1.44. The predicted octanol–water partition coefficient (Wildman–Crippen LogP) is 3.31. The van der Waals surface area contributed by atoms with Crippen LogP contribution < -0.4 is 5.32 Å². The maximum Gasteiger partial charge on any atom is 0.334 e. The first-order valence-corrected chi connectivity index (χ1v) is 7.62. The molecule has 8 heteroatoms. The van der Waals surface area contributed by atoms with Crippen molar-refractivity contribution in [2.24, 2.45) is 0 Å². The Balaban J connectivity index is 2.35. The van der Waals surface area contributed by atoms with Crippen LogP contribution >= 0.6 is 22.9 Å². The number of carbonyl (C=O) groups is 1.